The van der Waals surface area contributed by atoms with Gasteiger partial charge in [-0.05, 0) is 13.0 Å². The van der Waals surface area contributed by atoms with E-state index in [4.69, 9.17) is 9.98 Å². The van der Waals surface area contributed by atoms with Gasteiger partial charge in [-0.15, -0.1) is 11.3 Å². The fraction of sp³-hybridized carbons (Fsp3) is 0.333. The van der Waals surface area contributed by atoms with Crippen LogP contribution in [0.25, 0.3) is 10.6 Å². The van der Waals surface area contributed by atoms with E-state index >= 15 is 0 Å². The molecule has 1 aromatic carbocycles. The van der Waals surface area contributed by atoms with Gasteiger partial charge in [0.05, 0.1) is 12.2 Å². The Bertz CT molecular complexity index is 918. The average molecular weight is 408 g/mol. The predicted molar refractivity (Wildman–Crippen MR) is 118 cm³/mol. The standard InChI is InChI=1S/C21H25N7S/c1-2-22-20(27-11-13-28(14-12-27)21-23-9-6-10-24-21)25-15-18-16-29-19(26-18)17-7-4-3-5-8-17/h3-10,16H,2,11-15H2,1H3,(H,22,25). The third kappa shape index (κ3) is 4.89. The largest absolute Gasteiger partial charge is 0.357 e. The van der Waals surface area contributed by atoms with Crippen molar-refractivity contribution < 1.29 is 0 Å². The van der Waals surface area contributed by atoms with Crippen LogP contribution in [0.1, 0.15) is 12.6 Å². The third-order valence-electron chi connectivity index (χ3n) is 4.71. The molecule has 1 N–H and O–H groups in total. The maximum atomic E-state index is 4.84. The lowest BCUT2D eigenvalue weighted by Gasteiger charge is -2.36. The van der Waals surface area contributed by atoms with Crippen LogP contribution in [0, 0.1) is 0 Å². The summed E-state index contributed by atoms with van der Waals surface area (Å²) >= 11 is 1.67. The summed E-state index contributed by atoms with van der Waals surface area (Å²) in [5.74, 6) is 1.74. The number of benzene rings is 1. The summed E-state index contributed by atoms with van der Waals surface area (Å²) in [5, 5.41) is 6.55. The summed E-state index contributed by atoms with van der Waals surface area (Å²) in [5.41, 5.74) is 2.15. The van der Waals surface area contributed by atoms with Crippen LogP contribution in [0.15, 0.2) is 59.2 Å². The highest BCUT2D eigenvalue weighted by Gasteiger charge is 2.21. The molecule has 1 aliphatic rings. The lowest BCUT2D eigenvalue weighted by Crippen LogP contribution is -2.53. The van der Waals surface area contributed by atoms with E-state index in [1.807, 2.05) is 24.3 Å². The summed E-state index contributed by atoms with van der Waals surface area (Å²) in [6.07, 6.45) is 3.58. The molecular formula is C21H25N7S. The molecule has 0 radical (unpaired) electrons. The zero-order valence-electron chi connectivity index (χ0n) is 16.5. The first-order valence-corrected chi connectivity index (χ1v) is 10.8. The Hall–Kier alpha value is -3.00. The Morgan fingerprint density at radius 3 is 2.55 bits per heavy atom. The lowest BCUT2D eigenvalue weighted by molar-refractivity contribution is 0.370. The van der Waals surface area contributed by atoms with Crippen molar-refractivity contribution in [1.82, 2.24) is 25.2 Å². The molecule has 0 atom stereocenters. The number of rotatable bonds is 5. The van der Waals surface area contributed by atoms with Crippen LogP contribution in [-0.2, 0) is 6.54 Å². The van der Waals surface area contributed by atoms with Crippen LogP contribution in [0.4, 0.5) is 5.95 Å². The Labute approximate surface area is 175 Å². The molecule has 29 heavy (non-hydrogen) atoms. The van der Waals surface area contributed by atoms with Crippen molar-refractivity contribution in [1.29, 1.82) is 0 Å². The van der Waals surface area contributed by atoms with Crippen molar-refractivity contribution in [3.63, 3.8) is 0 Å². The SMILES string of the molecule is CCNC(=NCc1csc(-c2ccccc2)n1)N1CCN(c2ncccn2)CC1. The van der Waals surface area contributed by atoms with Crippen molar-refractivity contribution in [2.24, 2.45) is 4.99 Å². The van der Waals surface area contributed by atoms with Gasteiger partial charge in [-0.3, -0.25) is 0 Å². The summed E-state index contributed by atoms with van der Waals surface area (Å²) < 4.78 is 0. The number of hydrogen-bond acceptors (Lipinski definition) is 6. The molecule has 0 saturated carbocycles. The number of guanidine groups is 1. The molecule has 7 nitrogen and oxygen atoms in total. The maximum absolute atomic E-state index is 4.84. The molecule has 0 bridgehead atoms. The second kappa shape index (κ2) is 9.47. The quantitative estimate of drug-likeness (QED) is 0.518. The van der Waals surface area contributed by atoms with Crippen LogP contribution in [0.5, 0.6) is 0 Å². The second-order valence-corrected chi connectivity index (χ2v) is 7.56. The fourth-order valence-electron chi connectivity index (χ4n) is 3.25. The van der Waals surface area contributed by atoms with Crippen LogP contribution >= 0.6 is 11.3 Å². The molecule has 4 rings (SSSR count). The zero-order valence-corrected chi connectivity index (χ0v) is 17.3. The second-order valence-electron chi connectivity index (χ2n) is 6.70. The van der Waals surface area contributed by atoms with Gasteiger partial charge in [0.2, 0.25) is 5.95 Å². The molecule has 0 aliphatic carbocycles. The molecule has 3 aromatic rings. The number of nitrogens with zero attached hydrogens (tertiary/aromatic N) is 6. The number of aromatic nitrogens is 3. The first-order valence-electron chi connectivity index (χ1n) is 9.88. The van der Waals surface area contributed by atoms with Gasteiger partial charge < -0.3 is 15.1 Å². The summed E-state index contributed by atoms with van der Waals surface area (Å²) in [6.45, 7) is 7.04. The summed E-state index contributed by atoms with van der Waals surface area (Å²) in [4.78, 5) is 22.8. The first-order chi connectivity index (χ1) is 14.3. The van der Waals surface area contributed by atoms with E-state index in [2.05, 4.69) is 49.5 Å². The predicted octanol–water partition coefficient (Wildman–Crippen LogP) is 2.89. The molecule has 3 heterocycles. The van der Waals surface area contributed by atoms with Crippen LogP contribution in [0.3, 0.4) is 0 Å². The van der Waals surface area contributed by atoms with E-state index in [0.717, 1.165) is 60.9 Å². The maximum Gasteiger partial charge on any atom is 0.225 e. The highest BCUT2D eigenvalue weighted by atomic mass is 32.1. The Morgan fingerprint density at radius 1 is 1.07 bits per heavy atom. The monoisotopic (exact) mass is 407 g/mol. The minimum absolute atomic E-state index is 0.577. The highest BCUT2D eigenvalue weighted by molar-refractivity contribution is 7.13. The number of aliphatic imine (C=N–C) groups is 1. The zero-order chi connectivity index (χ0) is 19.9. The Kier molecular flexibility index (Phi) is 6.31. The van der Waals surface area contributed by atoms with E-state index in [1.165, 1.54) is 0 Å². The van der Waals surface area contributed by atoms with Gasteiger partial charge >= 0.3 is 0 Å². The molecule has 150 valence electrons. The Morgan fingerprint density at radius 2 is 1.83 bits per heavy atom. The molecule has 0 unspecified atom stereocenters. The van der Waals surface area contributed by atoms with E-state index in [0.29, 0.717) is 6.54 Å². The molecule has 1 aliphatic heterocycles. The van der Waals surface area contributed by atoms with E-state index < -0.39 is 0 Å². The molecular weight excluding hydrogens is 382 g/mol. The normalized spacial score (nSPS) is 14.9. The van der Waals surface area contributed by atoms with Crippen LogP contribution < -0.4 is 10.2 Å². The first kappa shape index (κ1) is 19.3. The Balaban J connectivity index is 1.39. The van der Waals surface area contributed by atoms with E-state index in [-0.39, 0.29) is 0 Å². The van der Waals surface area contributed by atoms with Gasteiger partial charge in [0.25, 0.3) is 0 Å². The van der Waals surface area contributed by atoms with Crippen molar-refractivity contribution >= 4 is 23.2 Å². The molecule has 0 amide bonds. The minimum Gasteiger partial charge on any atom is -0.357 e. The molecule has 1 fully saturated rings. The fourth-order valence-corrected chi connectivity index (χ4v) is 4.06. The van der Waals surface area contributed by atoms with Crippen molar-refractivity contribution in [3.05, 3.63) is 59.9 Å². The van der Waals surface area contributed by atoms with E-state index in [1.54, 1.807) is 23.7 Å². The topological polar surface area (TPSA) is 69.5 Å². The number of anilines is 1. The molecule has 0 spiro atoms. The number of hydrogen-bond donors (Lipinski definition) is 1. The van der Waals surface area contributed by atoms with Gasteiger partial charge in [-0.1, -0.05) is 30.3 Å². The molecule has 1 saturated heterocycles. The third-order valence-corrected chi connectivity index (χ3v) is 5.65. The van der Waals surface area contributed by atoms with Gasteiger partial charge in [0.1, 0.15) is 5.01 Å². The van der Waals surface area contributed by atoms with Gasteiger partial charge in [0.15, 0.2) is 5.96 Å². The number of thiazole rings is 1. The van der Waals surface area contributed by atoms with Gasteiger partial charge in [-0.25, -0.2) is 19.9 Å². The minimum atomic E-state index is 0.577. The van der Waals surface area contributed by atoms with Crippen LogP contribution in [0.2, 0.25) is 0 Å². The van der Waals surface area contributed by atoms with E-state index in [9.17, 15) is 0 Å². The van der Waals surface area contributed by atoms with Crippen LogP contribution in [-0.4, -0.2) is 58.5 Å². The molecule has 8 heteroatoms. The average Bonchev–Trinajstić information content (AvgIpc) is 3.27. The lowest BCUT2D eigenvalue weighted by atomic mass is 10.2. The van der Waals surface area contributed by atoms with Crippen molar-refractivity contribution in [3.8, 4) is 10.6 Å². The summed E-state index contributed by atoms with van der Waals surface area (Å²) in [7, 11) is 0. The molecule has 2 aromatic heterocycles. The number of piperazine rings is 1. The van der Waals surface area contributed by atoms with Crippen molar-refractivity contribution in [2.45, 2.75) is 13.5 Å². The summed E-state index contributed by atoms with van der Waals surface area (Å²) in [6, 6.07) is 12.1. The highest BCUT2D eigenvalue weighted by Crippen LogP contribution is 2.23. The van der Waals surface area contributed by atoms with Gasteiger partial charge in [0, 0.05) is 56.1 Å². The number of nitrogens with one attached hydrogen (secondary N) is 1. The van der Waals surface area contributed by atoms with Crippen molar-refractivity contribution in [2.75, 3.05) is 37.6 Å². The smallest absolute Gasteiger partial charge is 0.225 e. The van der Waals surface area contributed by atoms with Gasteiger partial charge in [-0.2, -0.15) is 0 Å².